The molecule has 1 rings (SSSR count). The van der Waals surface area contributed by atoms with Gasteiger partial charge in [-0.25, -0.2) is 9.59 Å². The molecule has 0 saturated heterocycles. The third kappa shape index (κ3) is 9.55. The molecule has 12 heteroatoms. The lowest BCUT2D eigenvalue weighted by Crippen LogP contribution is -2.15. The van der Waals surface area contributed by atoms with Crippen LogP contribution in [0.4, 0.5) is 9.59 Å². The first-order valence-electron chi connectivity index (χ1n) is 7.49. The minimum atomic E-state index is -0.890. The Labute approximate surface area is 175 Å². The van der Waals surface area contributed by atoms with Gasteiger partial charge in [-0.2, -0.15) is 0 Å². The Morgan fingerprint density at radius 1 is 1.15 bits per heavy atom. The maximum absolute atomic E-state index is 11.7. The molecule has 154 valence electrons. The minimum absolute atomic E-state index is 0. The van der Waals surface area contributed by atoms with Gasteiger partial charge in [0.1, 0.15) is 6.61 Å². The van der Waals surface area contributed by atoms with Crippen LogP contribution in [0.2, 0.25) is 0 Å². The number of aryl methyl sites for hydroxylation is 1. The lowest BCUT2D eigenvalue weighted by atomic mass is 10.1. The summed E-state index contributed by atoms with van der Waals surface area (Å²) >= 11 is 3.90. The molecule has 1 aromatic rings. The molecule has 0 atom stereocenters. The Morgan fingerprint density at radius 2 is 1.74 bits per heavy atom. The molecule has 0 aliphatic rings. The van der Waals surface area contributed by atoms with E-state index in [0.717, 1.165) is 0 Å². The van der Waals surface area contributed by atoms with Crippen LogP contribution >= 0.6 is 37.4 Å². The average Bonchev–Trinajstić information content (AvgIpc) is 2.54. The molecule has 9 nitrogen and oxygen atoms in total. The first kappa shape index (κ1) is 27.3. The normalized spacial score (nSPS) is 10.1. The van der Waals surface area contributed by atoms with Crippen molar-refractivity contribution in [2.24, 2.45) is 10.7 Å². The highest BCUT2D eigenvalue weighted by Gasteiger charge is 2.19. The number of carbonyl (C=O) groups is 2. The predicted octanol–water partition coefficient (Wildman–Crippen LogP) is 3.19. The first-order chi connectivity index (χ1) is 11.9. The van der Waals surface area contributed by atoms with E-state index in [1.807, 2.05) is 0 Å². The summed E-state index contributed by atoms with van der Waals surface area (Å²) in [6.45, 7) is 5.19. The lowest BCUT2D eigenvalue weighted by Gasteiger charge is -2.15. The topological polar surface area (TPSA) is 122 Å². The summed E-state index contributed by atoms with van der Waals surface area (Å²) in [5, 5.41) is 0.0747. The monoisotopic (exact) mass is 443 g/mol. The second kappa shape index (κ2) is 14.2. The van der Waals surface area contributed by atoms with Gasteiger partial charge in [0, 0.05) is 17.3 Å². The SMILES string of the molecule is CCOC(=O)OCc1c(CN=C(N)S)cnc(C)c1OC(=O)OCC.Cl.Cl. The summed E-state index contributed by atoms with van der Waals surface area (Å²) in [6.07, 6.45) is -0.210. The number of hydrogen-bond acceptors (Lipinski definition) is 8. The van der Waals surface area contributed by atoms with Crippen LogP contribution < -0.4 is 10.5 Å². The van der Waals surface area contributed by atoms with Crippen molar-refractivity contribution in [1.29, 1.82) is 0 Å². The zero-order chi connectivity index (χ0) is 18.8. The Balaban J connectivity index is 0. The summed E-state index contributed by atoms with van der Waals surface area (Å²) < 4.78 is 19.7. The number of thiol groups is 1. The predicted molar refractivity (Wildman–Crippen MR) is 107 cm³/mol. The van der Waals surface area contributed by atoms with Gasteiger partial charge >= 0.3 is 12.3 Å². The van der Waals surface area contributed by atoms with Gasteiger partial charge in [-0.1, -0.05) is 0 Å². The van der Waals surface area contributed by atoms with E-state index in [9.17, 15) is 9.59 Å². The van der Waals surface area contributed by atoms with E-state index in [1.165, 1.54) is 6.20 Å². The highest BCUT2D eigenvalue weighted by atomic mass is 35.5. The van der Waals surface area contributed by atoms with Crippen LogP contribution in [0.15, 0.2) is 11.2 Å². The zero-order valence-electron chi connectivity index (χ0n) is 15.1. The third-order valence-electron chi connectivity index (χ3n) is 2.86. The fraction of sp³-hybridized carbons (Fsp3) is 0.467. The van der Waals surface area contributed by atoms with Crippen molar-refractivity contribution in [3.63, 3.8) is 0 Å². The third-order valence-corrected chi connectivity index (χ3v) is 3.00. The standard InChI is InChI=1S/C15H21N3O6S.2ClH/c1-4-21-14(19)23-8-11-10(7-18-13(16)25)6-17-9(3)12(11)24-15(20)22-5-2;;/h6H,4-5,7-8H2,1-3H3,(H3,16,18,25);2*1H. The van der Waals surface area contributed by atoms with Crippen LogP contribution in [-0.2, 0) is 27.4 Å². The fourth-order valence-corrected chi connectivity index (χ4v) is 1.86. The summed E-state index contributed by atoms with van der Waals surface area (Å²) in [5.74, 6) is 0.133. The number of nitrogens with two attached hydrogens (primary N) is 1. The van der Waals surface area contributed by atoms with Crippen LogP contribution in [0.3, 0.4) is 0 Å². The molecule has 0 bridgehead atoms. The second-order valence-corrected chi connectivity index (χ2v) is 5.07. The maximum Gasteiger partial charge on any atom is 0.513 e. The fourth-order valence-electron chi connectivity index (χ4n) is 1.79. The van der Waals surface area contributed by atoms with Gasteiger partial charge in [0.25, 0.3) is 0 Å². The van der Waals surface area contributed by atoms with Crippen LogP contribution in [0, 0.1) is 6.92 Å². The number of rotatable bonds is 7. The largest absolute Gasteiger partial charge is 0.513 e. The number of hydrogen-bond donors (Lipinski definition) is 2. The van der Waals surface area contributed by atoms with Crippen molar-refractivity contribution < 1.29 is 28.5 Å². The quantitative estimate of drug-likeness (QED) is 0.285. The molecule has 27 heavy (non-hydrogen) atoms. The van der Waals surface area contributed by atoms with E-state index in [-0.39, 0.29) is 62.1 Å². The Hall–Kier alpha value is -1.91. The van der Waals surface area contributed by atoms with E-state index in [0.29, 0.717) is 16.8 Å². The number of carbonyl (C=O) groups excluding carboxylic acids is 2. The number of ether oxygens (including phenoxy) is 4. The van der Waals surface area contributed by atoms with Gasteiger partial charge in [-0.05, 0) is 20.8 Å². The molecular weight excluding hydrogens is 421 g/mol. The van der Waals surface area contributed by atoms with Crippen LogP contribution in [0.5, 0.6) is 5.75 Å². The Morgan fingerprint density at radius 3 is 2.30 bits per heavy atom. The zero-order valence-corrected chi connectivity index (χ0v) is 17.6. The van der Waals surface area contributed by atoms with E-state index in [2.05, 4.69) is 22.6 Å². The van der Waals surface area contributed by atoms with Crippen molar-refractivity contribution in [3.8, 4) is 5.75 Å². The van der Waals surface area contributed by atoms with Gasteiger partial charge < -0.3 is 24.7 Å². The Bertz CT molecular complexity index is 657. The highest BCUT2D eigenvalue weighted by molar-refractivity contribution is 7.96. The van der Waals surface area contributed by atoms with Crippen LogP contribution in [-0.4, -0.2) is 35.7 Å². The summed E-state index contributed by atoms with van der Waals surface area (Å²) in [6, 6.07) is 0. The van der Waals surface area contributed by atoms with E-state index in [4.69, 9.17) is 24.7 Å². The molecule has 0 aromatic carbocycles. The van der Waals surface area contributed by atoms with Gasteiger partial charge in [0.2, 0.25) is 0 Å². The molecule has 2 N–H and O–H groups in total. The highest BCUT2D eigenvalue weighted by Crippen LogP contribution is 2.27. The molecule has 0 spiro atoms. The van der Waals surface area contributed by atoms with Crippen molar-refractivity contribution in [2.75, 3.05) is 13.2 Å². The molecule has 0 saturated carbocycles. The van der Waals surface area contributed by atoms with E-state index >= 15 is 0 Å². The molecule has 0 unspecified atom stereocenters. The van der Waals surface area contributed by atoms with Crippen molar-refractivity contribution >= 4 is 54.9 Å². The minimum Gasteiger partial charge on any atom is -0.435 e. The van der Waals surface area contributed by atoms with Gasteiger partial charge in [-0.3, -0.25) is 9.98 Å². The molecule has 0 radical (unpaired) electrons. The summed E-state index contributed by atoms with van der Waals surface area (Å²) in [5.41, 5.74) is 6.80. The molecule has 1 heterocycles. The van der Waals surface area contributed by atoms with E-state index in [1.54, 1.807) is 20.8 Å². The van der Waals surface area contributed by atoms with Gasteiger partial charge in [0.05, 0.1) is 25.5 Å². The average molecular weight is 444 g/mol. The van der Waals surface area contributed by atoms with Crippen LogP contribution in [0.25, 0.3) is 0 Å². The number of amidine groups is 1. The summed E-state index contributed by atoms with van der Waals surface area (Å²) in [4.78, 5) is 31.3. The number of pyridine rings is 1. The summed E-state index contributed by atoms with van der Waals surface area (Å²) in [7, 11) is 0. The molecule has 0 aliphatic heterocycles. The number of nitrogens with zero attached hydrogens (tertiary/aromatic N) is 2. The van der Waals surface area contributed by atoms with Crippen molar-refractivity contribution in [1.82, 2.24) is 4.98 Å². The van der Waals surface area contributed by atoms with Crippen molar-refractivity contribution in [3.05, 3.63) is 23.0 Å². The molecular formula is C15H23Cl2N3O6S. The number of aromatic nitrogens is 1. The molecule has 0 amide bonds. The van der Waals surface area contributed by atoms with Gasteiger partial charge in [0.15, 0.2) is 10.9 Å². The lowest BCUT2D eigenvalue weighted by molar-refractivity contribution is 0.0526. The first-order valence-corrected chi connectivity index (χ1v) is 7.94. The smallest absolute Gasteiger partial charge is 0.435 e. The van der Waals surface area contributed by atoms with E-state index < -0.39 is 12.3 Å². The van der Waals surface area contributed by atoms with Gasteiger partial charge in [-0.15, -0.1) is 37.4 Å². The molecule has 0 fully saturated rings. The molecule has 0 aliphatic carbocycles. The maximum atomic E-state index is 11.7. The number of halogens is 2. The van der Waals surface area contributed by atoms with Crippen LogP contribution in [0.1, 0.15) is 30.7 Å². The van der Waals surface area contributed by atoms with Crippen molar-refractivity contribution in [2.45, 2.75) is 33.9 Å². The number of aliphatic imine (C=N–C) groups is 1. The molecule has 1 aromatic heterocycles. The Kier molecular flexibility index (Phi) is 14.3. The second-order valence-electron chi connectivity index (χ2n) is 4.61.